The van der Waals surface area contributed by atoms with E-state index in [1.807, 2.05) is 19.2 Å². The van der Waals surface area contributed by atoms with Gasteiger partial charge in [-0.2, -0.15) is 0 Å². The zero-order valence-electron chi connectivity index (χ0n) is 8.41. The van der Waals surface area contributed by atoms with E-state index in [1.54, 1.807) is 6.20 Å². The highest BCUT2D eigenvalue weighted by Crippen LogP contribution is 2.16. The molecule has 0 aliphatic rings. The van der Waals surface area contributed by atoms with Crippen LogP contribution in [0.15, 0.2) is 24.4 Å². The number of benzene rings is 1. The van der Waals surface area contributed by atoms with Gasteiger partial charge in [0, 0.05) is 7.05 Å². The van der Waals surface area contributed by atoms with Crippen molar-refractivity contribution in [3.05, 3.63) is 30.0 Å². The molecule has 2 rings (SSSR count). The van der Waals surface area contributed by atoms with Crippen molar-refractivity contribution in [2.45, 2.75) is 13.3 Å². The number of aryl methyl sites for hydroxylation is 1. The van der Waals surface area contributed by atoms with E-state index in [9.17, 15) is 0 Å². The van der Waals surface area contributed by atoms with Gasteiger partial charge in [-0.3, -0.25) is 4.98 Å². The van der Waals surface area contributed by atoms with Crippen LogP contribution in [0, 0.1) is 0 Å². The van der Waals surface area contributed by atoms with Crippen molar-refractivity contribution in [2.75, 3.05) is 12.4 Å². The quantitative estimate of drug-likeness (QED) is 0.783. The lowest BCUT2D eigenvalue weighted by molar-refractivity contribution is 1.13. The number of para-hydroxylation sites is 1. The molecular weight excluding hydrogens is 174 g/mol. The number of nitrogens with one attached hydrogen (secondary N) is 1. The number of hydrogen-bond acceptors (Lipinski definition) is 3. The van der Waals surface area contributed by atoms with Crippen LogP contribution in [0.2, 0.25) is 0 Å². The standard InChI is InChI=1S/C11H13N3/c1-3-8-5-4-6-9-11(8)13-7-10(12-2)14-9/h4-7H,3H2,1-2H3,(H,12,14). The van der Waals surface area contributed by atoms with E-state index < -0.39 is 0 Å². The second-order valence-corrected chi connectivity index (χ2v) is 3.14. The van der Waals surface area contributed by atoms with Gasteiger partial charge in [0.15, 0.2) is 0 Å². The van der Waals surface area contributed by atoms with Gasteiger partial charge in [-0.15, -0.1) is 0 Å². The summed E-state index contributed by atoms with van der Waals surface area (Å²) < 4.78 is 0. The molecule has 0 spiro atoms. The van der Waals surface area contributed by atoms with Crippen LogP contribution in [0.4, 0.5) is 5.82 Å². The van der Waals surface area contributed by atoms with Crippen LogP contribution in [0.5, 0.6) is 0 Å². The molecule has 0 saturated carbocycles. The third-order valence-corrected chi connectivity index (χ3v) is 2.29. The third-order valence-electron chi connectivity index (χ3n) is 2.29. The molecule has 0 radical (unpaired) electrons. The second-order valence-electron chi connectivity index (χ2n) is 3.14. The summed E-state index contributed by atoms with van der Waals surface area (Å²) in [4.78, 5) is 8.83. The average Bonchev–Trinajstić information content (AvgIpc) is 2.27. The maximum absolute atomic E-state index is 4.43. The molecule has 3 heteroatoms. The Hall–Kier alpha value is -1.64. The van der Waals surface area contributed by atoms with E-state index in [4.69, 9.17) is 0 Å². The fourth-order valence-electron chi connectivity index (χ4n) is 1.51. The highest BCUT2D eigenvalue weighted by Gasteiger charge is 2.01. The summed E-state index contributed by atoms with van der Waals surface area (Å²) in [6.07, 6.45) is 2.76. The largest absolute Gasteiger partial charge is 0.372 e. The summed E-state index contributed by atoms with van der Waals surface area (Å²) in [7, 11) is 1.85. The van der Waals surface area contributed by atoms with Gasteiger partial charge in [0.25, 0.3) is 0 Å². The van der Waals surface area contributed by atoms with Gasteiger partial charge in [0.05, 0.1) is 17.2 Å². The highest BCUT2D eigenvalue weighted by atomic mass is 15.0. The van der Waals surface area contributed by atoms with E-state index in [0.29, 0.717) is 0 Å². The monoisotopic (exact) mass is 187 g/mol. The maximum Gasteiger partial charge on any atom is 0.144 e. The predicted octanol–water partition coefficient (Wildman–Crippen LogP) is 2.23. The summed E-state index contributed by atoms with van der Waals surface area (Å²) in [5, 5.41) is 2.98. The molecule has 0 atom stereocenters. The zero-order valence-corrected chi connectivity index (χ0v) is 8.41. The van der Waals surface area contributed by atoms with Gasteiger partial charge >= 0.3 is 0 Å². The van der Waals surface area contributed by atoms with Gasteiger partial charge in [0.2, 0.25) is 0 Å². The molecule has 1 aromatic heterocycles. The van der Waals surface area contributed by atoms with Gasteiger partial charge in [-0.1, -0.05) is 19.1 Å². The molecule has 0 amide bonds. The van der Waals surface area contributed by atoms with Crippen molar-refractivity contribution in [1.82, 2.24) is 9.97 Å². The number of anilines is 1. The van der Waals surface area contributed by atoms with Crippen molar-refractivity contribution >= 4 is 16.9 Å². The van der Waals surface area contributed by atoms with Crippen LogP contribution >= 0.6 is 0 Å². The molecule has 0 aliphatic heterocycles. The van der Waals surface area contributed by atoms with E-state index >= 15 is 0 Å². The summed E-state index contributed by atoms with van der Waals surface area (Å²) in [5.41, 5.74) is 3.21. The molecule has 3 nitrogen and oxygen atoms in total. The fraction of sp³-hybridized carbons (Fsp3) is 0.273. The van der Waals surface area contributed by atoms with Crippen molar-refractivity contribution in [1.29, 1.82) is 0 Å². The number of fused-ring (bicyclic) bond motifs is 1. The molecule has 1 aromatic carbocycles. The van der Waals surface area contributed by atoms with Crippen molar-refractivity contribution in [2.24, 2.45) is 0 Å². The van der Waals surface area contributed by atoms with Gasteiger partial charge in [0.1, 0.15) is 5.82 Å². The fourth-order valence-corrected chi connectivity index (χ4v) is 1.51. The van der Waals surface area contributed by atoms with Crippen LogP contribution in [-0.4, -0.2) is 17.0 Å². The first kappa shape index (κ1) is 8.94. The minimum Gasteiger partial charge on any atom is -0.372 e. The van der Waals surface area contributed by atoms with Gasteiger partial charge in [-0.05, 0) is 18.1 Å². The second kappa shape index (κ2) is 3.62. The Morgan fingerprint density at radius 2 is 2.21 bits per heavy atom. The minimum atomic E-state index is 0.811. The van der Waals surface area contributed by atoms with E-state index in [0.717, 1.165) is 23.3 Å². The molecule has 0 fully saturated rings. The predicted molar refractivity (Wildman–Crippen MR) is 58.5 cm³/mol. The van der Waals surface area contributed by atoms with Gasteiger partial charge in [-0.25, -0.2) is 4.98 Å². The van der Waals surface area contributed by atoms with Crippen molar-refractivity contribution in [3.63, 3.8) is 0 Å². The molecule has 1 N–H and O–H groups in total. The van der Waals surface area contributed by atoms with E-state index in [2.05, 4.69) is 28.3 Å². The molecule has 0 bridgehead atoms. The Balaban J connectivity index is 2.67. The molecule has 0 aliphatic carbocycles. The highest BCUT2D eigenvalue weighted by molar-refractivity contribution is 5.79. The molecule has 2 aromatic rings. The van der Waals surface area contributed by atoms with Crippen LogP contribution in [0.25, 0.3) is 11.0 Å². The smallest absolute Gasteiger partial charge is 0.144 e. The number of aromatic nitrogens is 2. The Morgan fingerprint density at radius 3 is 2.93 bits per heavy atom. The number of rotatable bonds is 2. The minimum absolute atomic E-state index is 0.811. The number of nitrogens with zero attached hydrogens (tertiary/aromatic N) is 2. The molecule has 72 valence electrons. The first-order chi connectivity index (χ1) is 6.85. The van der Waals surface area contributed by atoms with Crippen LogP contribution in [-0.2, 0) is 6.42 Å². The molecule has 1 heterocycles. The van der Waals surface area contributed by atoms with Crippen LogP contribution in [0.3, 0.4) is 0 Å². The normalized spacial score (nSPS) is 10.4. The van der Waals surface area contributed by atoms with Crippen LogP contribution < -0.4 is 5.32 Å². The molecular formula is C11H13N3. The van der Waals surface area contributed by atoms with Gasteiger partial charge < -0.3 is 5.32 Å². The summed E-state index contributed by atoms with van der Waals surface area (Å²) in [5.74, 6) is 0.811. The van der Waals surface area contributed by atoms with Crippen LogP contribution in [0.1, 0.15) is 12.5 Å². The Morgan fingerprint density at radius 1 is 1.36 bits per heavy atom. The summed E-state index contributed by atoms with van der Waals surface area (Å²) in [6.45, 7) is 2.13. The lowest BCUT2D eigenvalue weighted by atomic mass is 10.1. The average molecular weight is 187 g/mol. The summed E-state index contributed by atoms with van der Waals surface area (Å²) >= 11 is 0. The Kier molecular flexibility index (Phi) is 2.31. The van der Waals surface area contributed by atoms with E-state index in [-0.39, 0.29) is 0 Å². The van der Waals surface area contributed by atoms with Crippen molar-refractivity contribution < 1.29 is 0 Å². The number of hydrogen-bond donors (Lipinski definition) is 1. The molecule has 0 saturated heterocycles. The maximum atomic E-state index is 4.43. The van der Waals surface area contributed by atoms with E-state index in [1.165, 1.54) is 5.56 Å². The third kappa shape index (κ3) is 1.41. The lowest BCUT2D eigenvalue weighted by Crippen LogP contribution is -1.95. The SMILES string of the molecule is CCc1cccc2nc(NC)cnc12. The zero-order chi connectivity index (χ0) is 9.97. The topological polar surface area (TPSA) is 37.8 Å². The lowest BCUT2D eigenvalue weighted by Gasteiger charge is -2.04. The first-order valence-electron chi connectivity index (χ1n) is 4.77. The van der Waals surface area contributed by atoms with Crippen molar-refractivity contribution in [3.8, 4) is 0 Å². The first-order valence-corrected chi connectivity index (χ1v) is 4.77. The summed E-state index contributed by atoms with van der Waals surface area (Å²) in [6, 6.07) is 6.10. The Bertz CT molecular complexity index is 451. The molecule has 14 heavy (non-hydrogen) atoms. The Labute approximate surface area is 83.2 Å². The molecule has 0 unspecified atom stereocenters.